The number of anilines is 1. The Bertz CT molecular complexity index is 1720. The van der Waals surface area contributed by atoms with Crippen molar-refractivity contribution in [2.45, 2.75) is 25.7 Å². The number of furan rings is 1. The number of nitrogens with one attached hydrogen (secondary N) is 1. The zero-order chi connectivity index (χ0) is 25.5. The smallest absolute Gasteiger partial charge is 0.264 e. The minimum atomic E-state index is -0.378. The lowest BCUT2D eigenvalue weighted by molar-refractivity contribution is 0.605. The molecule has 1 aliphatic rings. The summed E-state index contributed by atoms with van der Waals surface area (Å²) in [6.07, 6.45) is 7.99. The molecule has 0 amide bonds. The molecule has 0 spiro atoms. The number of nitrogens with zero attached hydrogens (tertiary/aromatic N) is 2. The fraction of sp³-hybridized carbons (Fsp3) is 0.133. The topological polar surface area (TPSA) is 60.1 Å². The molecule has 0 unspecified atom stereocenters. The van der Waals surface area contributed by atoms with Gasteiger partial charge in [-0.25, -0.2) is 8.78 Å². The summed E-state index contributed by atoms with van der Waals surface area (Å²) in [6, 6.07) is 14.3. The molecule has 0 bridgehead atoms. The molecule has 2 aromatic carbocycles. The second kappa shape index (κ2) is 9.17. The zero-order valence-electron chi connectivity index (χ0n) is 19.9. The number of pyridine rings is 2. The van der Waals surface area contributed by atoms with Crippen LogP contribution in [0.15, 0.2) is 89.0 Å². The van der Waals surface area contributed by atoms with Gasteiger partial charge in [-0.2, -0.15) is 0 Å². The maximum atomic E-state index is 15.1. The third-order valence-corrected chi connectivity index (χ3v) is 6.84. The second-order valence-corrected chi connectivity index (χ2v) is 9.20. The highest BCUT2D eigenvalue weighted by molar-refractivity contribution is 5.78. The van der Waals surface area contributed by atoms with Crippen LogP contribution in [0.1, 0.15) is 34.2 Å². The van der Waals surface area contributed by atoms with Gasteiger partial charge in [-0.15, -0.1) is 0 Å². The van der Waals surface area contributed by atoms with Crippen LogP contribution >= 0.6 is 0 Å². The highest BCUT2D eigenvalue weighted by atomic mass is 19.1. The van der Waals surface area contributed by atoms with Crippen molar-refractivity contribution >= 4 is 22.5 Å². The van der Waals surface area contributed by atoms with E-state index in [0.717, 1.165) is 41.5 Å². The molecule has 184 valence electrons. The number of aromatic nitrogens is 2. The van der Waals surface area contributed by atoms with Gasteiger partial charge in [0.15, 0.2) is 5.58 Å². The van der Waals surface area contributed by atoms with Gasteiger partial charge in [0.1, 0.15) is 17.2 Å². The molecule has 0 fully saturated rings. The van der Waals surface area contributed by atoms with Crippen LogP contribution in [0.5, 0.6) is 0 Å². The van der Waals surface area contributed by atoms with Crippen molar-refractivity contribution in [1.29, 1.82) is 0 Å². The van der Waals surface area contributed by atoms with Gasteiger partial charge in [-0.1, -0.05) is 12.6 Å². The summed E-state index contributed by atoms with van der Waals surface area (Å²) in [5.74, 6) is -0.747. The van der Waals surface area contributed by atoms with E-state index in [1.165, 1.54) is 22.8 Å². The molecule has 1 aliphatic carbocycles. The molecule has 37 heavy (non-hydrogen) atoms. The molecule has 0 saturated heterocycles. The number of benzene rings is 2. The first-order valence-corrected chi connectivity index (χ1v) is 12.1. The Hall–Kier alpha value is -4.52. The van der Waals surface area contributed by atoms with Crippen molar-refractivity contribution in [2.75, 3.05) is 5.32 Å². The molecule has 0 saturated carbocycles. The largest absolute Gasteiger partial charge is 0.462 e. The molecule has 0 aliphatic heterocycles. The molecule has 5 aromatic rings. The van der Waals surface area contributed by atoms with Crippen molar-refractivity contribution in [3.05, 3.63) is 130 Å². The van der Waals surface area contributed by atoms with Crippen LogP contribution in [0, 0.1) is 11.6 Å². The number of fused-ring (bicyclic) bond motifs is 2. The van der Waals surface area contributed by atoms with Crippen LogP contribution < -0.4 is 10.9 Å². The maximum absolute atomic E-state index is 15.1. The van der Waals surface area contributed by atoms with Crippen LogP contribution in [0.25, 0.3) is 22.5 Å². The molecule has 0 radical (unpaired) electrons. The molecule has 1 N–H and O–H groups in total. The van der Waals surface area contributed by atoms with Crippen LogP contribution in [0.3, 0.4) is 0 Å². The summed E-state index contributed by atoms with van der Waals surface area (Å²) < 4.78 is 35.6. The van der Waals surface area contributed by atoms with Gasteiger partial charge in [0.05, 0.1) is 11.8 Å². The van der Waals surface area contributed by atoms with Gasteiger partial charge >= 0.3 is 0 Å². The predicted octanol–water partition coefficient (Wildman–Crippen LogP) is 6.42. The third kappa shape index (κ3) is 4.22. The number of rotatable bonds is 6. The van der Waals surface area contributed by atoms with Gasteiger partial charge in [0, 0.05) is 47.5 Å². The Balaban J connectivity index is 1.30. The van der Waals surface area contributed by atoms with Gasteiger partial charge in [-0.3, -0.25) is 14.3 Å². The van der Waals surface area contributed by atoms with Crippen molar-refractivity contribution in [3.8, 4) is 5.69 Å². The summed E-state index contributed by atoms with van der Waals surface area (Å²) in [4.78, 5) is 17.8. The monoisotopic (exact) mass is 495 g/mol. The predicted molar refractivity (Wildman–Crippen MR) is 140 cm³/mol. The molecular formula is C30H23F2N3O2. The van der Waals surface area contributed by atoms with Crippen LogP contribution in [0.4, 0.5) is 14.5 Å². The van der Waals surface area contributed by atoms with E-state index in [4.69, 9.17) is 4.42 Å². The standard InChI is InChI=1S/C30H23F2N3O2/c1-18(28-25-4-2-3-21(25)17-35(30(28)36)24-9-6-22(31)7-10-24)34-23-8-5-19(26(32)16-23)15-20-11-13-33-27-12-14-37-29(20)27/h5-14,16-17,34H,1-4,15H2. The first-order chi connectivity index (χ1) is 18.0. The highest BCUT2D eigenvalue weighted by Crippen LogP contribution is 2.29. The SMILES string of the molecule is C=C(Nc1ccc(Cc2ccnc3ccoc23)c(F)c1)c1c2c(cn(-c3ccc(F)cc3)c1=O)CCC2. The number of hydrogen-bond donors (Lipinski definition) is 1. The van der Waals surface area contributed by atoms with Crippen molar-refractivity contribution in [1.82, 2.24) is 9.55 Å². The minimum absolute atomic E-state index is 0.248. The Morgan fingerprint density at radius 1 is 1.05 bits per heavy atom. The lowest BCUT2D eigenvalue weighted by Crippen LogP contribution is -2.25. The normalized spacial score (nSPS) is 12.6. The van der Waals surface area contributed by atoms with E-state index in [1.54, 1.807) is 42.8 Å². The van der Waals surface area contributed by atoms with Crippen molar-refractivity contribution in [3.63, 3.8) is 0 Å². The van der Waals surface area contributed by atoms with Gasteiger partial charge < -0.3 is 9.73 Å². The number of hydrogen-bond acceptors (Lipinski definition) is 4. The van der Waals surface area contributed by atoms with Crippen LogP contribution in [-0.4, -0.2) is 9.55 Å². The fourth-order valence-corrected chi connectivity index (χ4v) is 5.04. The maximum Gasteiger partial charge on any atom is 0.264 e. The Morgan fingerprint density at radius 2 is 1.89 bits per heavy atom. The number of aryl methyl sites for hydroxylation is 1. The summed E-state index contributed by atoms with van der Waals surface area (Å²) in [5.41, 5.74) is 6.45. The van der Waals surface area contributed by atoms with Crippen LogP contribution in [0.2, 0.25) is 0 Å². The van der Waals surface area contributed by atoms with E-state index in [-0.39, 0.29) is 17.2 Å². The average molecular weight is 496 g/mol. The molecular weight excluding hydrogens is 472 g/mol. The molecule has 6 rings (SSSR count). The third-order valence-electron chi connectivity index (χ3n) is 6.84. The summed E-state index contributed by atoms with van der Waals surface area (Å²) in [6.45, 7) is 4.13. The van der Waals surface area contributed by atoms with Gasteiger partial charge in [0.2, 0.25) is 0 Å². The highest BCUT2D eigenvalue weighted by Gasteiger charge is 2.22. The quantitative estimate of drug-likeness (QED) is 0.295. The Kier molecular flexibility index (Phi) is 5.68. The zero-order valence-corrected chi connectivity index (χ0v) is 19.9. The lowest BCUT2D eigenvalue weighted by Gasteiger charge is -2.17. The Morgan fingerprint density at radius 3 is 2.70 bits per heavy atom. The van der Waals surface area contributed by atoms with E-state index in [1.807, 2.05) is 12.3 Å². The van der Waals surface area contributed by atoms with E-state index in [2.05, 4.69) is 16.9 Å². The second-order valence-electron chi connectivity index (χ2n) is 9.20. The van der Waals surface area contributed by atoms with E-state index < -0.39 is 0 Å². The molecule has 3 aromatic heterocycles. The molecule has 7 heteroatoms. The van der Waals surface area contributed by atoms with E-state index in [0.29, 0.717) is 40.2 Å². The van der Waals surface area contributed by atoms with E-state index in [9.17, 15) is 9.18 Å². The number of halogens is 2. The first-order valence-electron chi connectivity index (χ1n) is 12.1. The lowest BCUT2D eigenvalue weighted by atomic mass is 10.0. The summed E-state index contributed by atoms with van der Waals surface area (Å²) in [7, 11) is 0. The van der Waals surface area contributed by atoms with Gasteiger partial charge in [0.25, 0.3) is 5.56 Å². The summed E-state index contributed by atoms with van der Waals surface area (Å²) >= 11 is 0. The first kappa shape index (κ1) is 22.9. The van der Waals surface area contributed by atoms with Crippen LogP contribution in [-0.2, 0) is 19.3 Å². The minimum Gasteiger partial charge on any atom is -0.462 e. The fourth-order valence-electron chi connectivity index (χ4n) is 5.04. The van der Waals surface area contributed by atoms with Crippen molar-refractivity contribution < 1.29 is 13.2 Å². The summed E-state index contributed by atoms with van der Waals surface area (Å²) in [5, 5.41) is 3.14. The molecule has 3 heterocycles. The van der Waals surface area contributed by atoms with Crippen molar-refractivity contribution in [2.24, 2.45) is 0 Å². The molecule has 0 atom stereocenters. The van der Waals surface area contributed by atoms with Gasteiger partial charge in [-0.05, 0) is 78.4 Å². The Labute approximate surface area is 211 Å². The van der Waals surface area contributed by atoms with E-state index >= 15 is 4.39 Å². The average Bonchev–Trinajstić information content (AvgIpc) is 3.56. The molecule has 5 nitrogen and oxygen atoms in total.